The molecule has 2 aromatic rings. The number of hydrazone groups is 1. The van der Waals surface area contributed by atoms with Crippen LogP contribution in [0.25, 0.3) is 0 Å². The van der Waals surface area contributed by atoms with Gasteiger partial charge in [0.25, 0.3) is 0 Å². The molecule has 4 nitrogen and oxygen atoms in total. The number of rotatable bonds is 4. The van der Waals surface area contributed by atoms with Crippen molar-refractivity contribution >= 4 is 34.9 Å². The molecule has 0 aliphatic carbocycles. The predicted molar refractivity (Wildman–Crippen MR) is 111 cm³/mol. The van der Waals surface area contributed by atoms with Crippen molar-refractivity contribution in [3.63, 3.8) is 0 Å². The summed E-state index contributed by atoms with van der Waals surface area (Å²) in [4.78, 5) is 2.43. The lowest BCUT2D eigenvalue weighted by Gasteiger charge is -2.30. The first-order chi connectivity index (χ1) is 12.2. The number of para-hydroxylation sites is 1. The van der Waals surface area contributed by atoms with E-state index in [2.05, 4.69) is 45.9 Å². The first-order valence-electron chi connectivity index (χ1n) is 8.71. The number of nitrogens with one attached hydrogen (secondary N) is 2. The number of thiocarbonyl (C=S) groups is 1. The summed E-state index contributed by atoms with van der Waals surface area (Å²) in [5, 5.41) is 7.91. The molecule has 0 atom stereocenters. The Morgan fingerprint density at radius 3 is 2.92 bits per heavy atom. The second kappa shape index (κ2) is 8.12. The molecule has 1 heterocycles. The van der Waals surface area contributed by atoms with Crippen LogP contribution < -0.4 is 15.6 Å². The Hall–Kier alpha value is -2.40. The number of hydrogen-bond donors (Lipinski definition) is 2. The van der Waals surface area contributed by atoms with Gasteiger partial charge in [0.2, 0.25) is 0 Å². The monoisotopic (exact) mass is 352 g/mol. The van der Waals surface area contributed by atoms with Crippen LogP contribution in [-0.4, -0.2) is 24.4 Å². The summed E-state index contributed by atoms with van der Waals surface area (Å²) in [7, 11) is 0. The highest BCUT2D eigenvalue weighted by Gasteiger charge is 2.15. The first kappa shape index (κ1) is 17.4. The smallest absolute Gasteiger partial charge is 0.191 e. The number of aryl methyl sites for hydroxylation is 2. The van der Waals surface area contributed by atoms with Gasteiger partial charge >= 0.3 is 0 Å². The van der Waals surface area contributed by atoms with Crippen LogP contribution in [0.5, 0.6) is 0 Å². The van der Waals surface area contributed by atoms with Gasteiger partial charge in [-0.25, -0.2) is 0 Å². The van der Waals surface area contributed by atoms with Crippen LogP contribution in [0.1, 0.15) is 30.0 Å². The van der Waals surface area contributed by atoms with Gasteiger partial charge in [0, 0.05) is 24.5 Å². The lowest BCUT2D eigenvalue weighted by Crippen LogP contribution is -2.28. The van der Waals surface area contributed by atoms with Gasteiger partial charge in [-0.3, -0.25) is 5.43 Å². The maximum Gasteiger partial charge on any atom is 0.191 e. The van der Waals surface area contributed by atoms with Crippen molar-refractivity contribution in [1.29, 1.82) is 0 Å². The van der Waals surface area contributed by atoms with Gasteiger partial charge in [0.05, 0.1) is 6.21 Å². The third-order valence-electron chi connectivity index (χ3n) is 4.47. The second-order valence-corrected chi connectivity index (χ2v) is 6.62. The molecule has 0 radical (unpaired) electrons. The van der Waals surface area contributed by atoms with Crippen molar-refractivity contribution in [1.82, 2.24) is 5.43 Å². The molecule has 3 rings (SSSR count). The molecular weight excluding hydrogens is 328 g/mol. The number of benzene rings is 2. The van der Waals surface area contributed by atoms with Crippen molar-refractivity contribution < 1.29 is 0 Å². The molecule has 25 heavy (non-hydrogen) atoms. The number of nitrogens with zero attached hydrogens (tertiary/aromatic N) is 2. The Bertz CT molecular complexity index is 785. The standard InChI is InChI=1S/C20H24N4S/c1-3-24-12-6-8-17-13-16(10-11-19(17)24)14-21-23-20(25)22-18-9-5-4-7-15(18)2/h4-5,7,9-11,13-14H,3,6,8,12H2,1-2H3,(H2,22,23,25). The van der Waals surface area contributed by atoms with Gasteiger partial charge in [-0.05, 0) is 73.8 Å². The molecule has 0 unspecified atom stereocenters. The van der Waals surface area contributed by atoms with Gasteiger partial charge < -0.3 is 10.2 Å². The molecule has 0 fully saturated rings. The van der Waals surface area contributed by atoms with Gasteiger partial charge in [0.15, 0.2) is 5.11 Å². The summed E-state index contributed by atoms with van der Waals surface area (Å²) in [5.41, 5.74) is 8.86. The molecule has 1 aliphatic heterocycles. The van der Waals surface area contributed by atoms with Crippen LogP contribution >= 0.6 is 12.2 Å². The van der Waals surface area contributed by atoms with Crippen LogP contribution in [-0.2, 0) is 6.42 Å². The summed E-state index contributed by atoms with van der Waals surface area (Å²) in [5.74, 6) is 0. The van der Waals surface area contributed by atoms with Crippen LogP contribution in [0.2, 0.25) is 0 Å². The molecule has 0 saturated carbocycles. The maximum atomic E-state index is 5.30. The first-order valence-corrected chi connectivity index (χ1v) is 9.11. The van der Waals surface area contributed by atoms with Gasteiger partial charge in [0.1, 0.15) is 0 Å². The Morgan fingerprint density at radius 1 is 1.28 bits per heavy atom. The fourth-order valence-electron chi connectivity index (χ4n) is 3.13. The normalized spacial score (nSPS) is 13.6. The van der Waals surface area contributed by atoms with Crippen molar-refractivity contribution in [3.8, 4) is 0 Å². The van der Waals surface area contributed by atoms with Gasteiger partial charge in [-0.1, -0.05) is 24.3 Å². The third kappa shape index (κ3) is 4.37. The zero-order valence-electron chi connectivity index (χ0n) is 14.7. The van der Waals surface area contributed by atoms with E-state index >= 15 is 0 Å². The van der Waals surface area contributed by atoms with Crippen molar-refractivity contribution in [3.05, 3.63) is 59.2 Å². The quantitative estimate of drug-likeness (QED) is 0.494. The Kier molecular flexibility index (Phi) is 5.66. The Labute approximate surface area is 154 Å². The van der Waals surface area contributed by atoms with Crippen LogP contribution in [0, 0.1) is 6.92 Å². The molecule has 0 saturated heterocycles. The Morgan fingerprint density at radius 2 is 2.12 bits per heavy atom. The molecule has 130 valence electrons. The highest BCUT2D eigenvalue weighted by atomic mass is 32.1. The molecule has 1 aliphatic rings. The minimum Gasteiger partial charge on any atom is -0.372 e. The van der Waals surface area contributed by atoms with E-state index in [1.807, 2.05) is 37.4 Å². The van der Waals surface area contributed by atoms with E-state index in [9.17, 15) is 0 Å². The summed E-state index contributed by atoms with van der Waals surface area (Å²) in [6.07, 6.45) is 4.16. The van der Waals surface area contributed by atoms with E-state index in [1.165, 1.54) is 17.7 Å². The third-order valence-corrected chi connectivity index (χ3v) is 4.67. The molecule has 0 aromatic heterocycles. The number of anilines is 2. The highest BCUT2D eigenvalue weighted by Crippen LogP contribution is 2.27. The lowest BCUT2D eigenvalue weighted by molar-refractivity contribution is 0.708. The molecule has 0 amide bonds. The average molecular weight is 353 g/mol. The zero-order chi connectivity index (χ0) is 17.6. The van der Waals surface area contributed by atoms with Crippen molar-refractivity contribution in [2.75, 3.05) is 23.3 Å². The fraction of sp³-hybridized carbons (Fsp3) is 0.300. The van der Waals surface area contributed by atoms with E-state index in [0.717, 1.165) is 36.3 Å². The minimum absolute atomic E-state index is 0.487. The predicted octanol–water partition coefficient (Wildman–Crippen LogP) is 4.09. The van der Waals surface area contributed by atoms with Crippen LogP contribution in [0.3, 0.4) is 0 Å². The Balaban J connectivity index is 1.61. The fourth-order valence-corrected chi connectivity index (χ4v) is 3.30. The van der Waals surface area contributed by atoms with E-state index < -0.39 is 0 Å². The topological polar surface area (TPSA) is 39.7 Å². The molecule has 0 spiro atoms. The van der Waals surface area contributed by atoms with E-state index in [4.69, 9.17) is 12.2 Å². The van der Waals surface area contributed by atoms with Crippen LogP contribution in [0.4, 0.5) is 11.4 Å². The van der Waals surface area contributed by atoms with E-state index in [1.54, 1.807) is 0 Å². The molecule has 5 heteroatoms. The largest absolute Gasteiger partial charge is 0.372 e. The van der Waals surface area contributed by atoms with Gasteiger partial charge in [-0.2, -0.15) is 5.10 Å². The number of fused-ring (bicyclic) bond motifs is 1. The number of hydrogen-bond acceptors (Lipinski definition) is 3. The highest BCUT2D eigenvalue weighted by molar-refractivity contribution is 7.80. The SMILES string of the molecule is CCN1CCCc2cc(C=NNC(=S)Nc3ccccc3C)ccc21. The second-order valence-electron chi connectivity index (χ2n) is 6.21. The maximum absolute atomic E-state index is 5.30. The van der Waals surface area contributed by atoms with E-state index in [0.29, 0.717) is 5.11 Å². The molecule has 2 aromatic carbocycles. The summed E-state index contributed by atoms with van der Waals surface area (Å²) in [6.45, 7) is 6.45. The summed E-state index contributed by atoms with van der Waals surface area (Å²) in [6, 6.07) is 14.6. The molecule has 2 N–H and O–H groups in total. The van der Waals surface area contributed by atoms with Gasteiger partial charge in [-0.15, -0.1) is 0 Å². The average Bonchev–Trinajstić information content (AvgIpc) is 2.63. The summed E-state index contributed by atoms with van der Waals surface area (Å²) >= 11 is 5.30. The molecule has 0 bridgehead atoms. The lowest BCUT2D eigenvalue weighted by atomic mass is 9.99. The minimum atomic E-state index is 0.487. The van der Waals surface area contributed by atoms with E-state index in [-0.39, 0.29) is 0 Å². The summed E-state index contributed by atoms with van der Waals surface area (Å²) < 4.78 is 0. The van der Waals surface area contributed by atoms with Crippen molar-refractivity contribution in [2.45, 2.75) is 26.7 Å². The zero-order valence-corrected chi connectivity index (χ0v) is 15.6. The molecular formula is C20H24N4S. The van der Waals surface area contributed by atoms with Crippen molar-refractivity contribution in [2.24, 2.45) is 5.10 Å². The van der Waals surface area contributed by atoms with Crippen LogP contribution in [0.15, 0.2) is 47.6 Å².